The summed E-state index contributed by atoms with van der Waals surface area (Å²) in [5.74, 6) is 0.475. The van der Waals surface area contributed by atoms with Crippen LogP contribution in [0.1, 0.15) is 0 Å². The van der Waals surface area contributed by atoms with E-state index in [1.165, 1.54) is 7.11 Å². The van der Waals surface area contributed by atoms with Crippen LogP contribution in [0, 0.1) is 0 Å². The van der Waals surface area contributed by atoms with Gasteiger partial charge in [-0.25, -0.2) is 0 Å². The molecule has 1 aromatic carbocycles. The summed E-state index contributed by atoms with van der Waals surface area (Å²) < 4.78 is 10.1. The number of hydrogen-bond donors (Lipinski definition) is 2. The number of methoxy groups -OCH3 is 2. The first-order chi connectivity index (χ1) is 7.58. The number of carbonyl (C=O) groups is 1. The molecule has 0 saturated carbocycles. The Kier molecular flexibility index (Phi) is 4.07. The van der Waals surface area contributed by atoms with Gasteiger partial charge in [0.25, 0.3) is 5.91 Å². The van der Waals surface area contributed by atoms with Gasteiger partial charge in [-0.05, 0) is 12.1 Å². The zero-order valence-electron chi connectivity index (χ0n) is 8.94. The number of rotatable bonds is 3. The van der Waals surface area contributed by atoms with E-state index in [2.05, 4.69) is 5.32 Å². The molecule has 0 unspecified atom stereocenters. The molecule has 0 aliphatic rings. The van der Waals surface area contributed by atoms with E-state index in [1.807, 2.05) is 0 Å². The van der Waals surface area contributed by atoms with E-state index in [9.17, 15) is 4.79 Å². The van der Waals surface area contributed by atoms with Crippen LogP contribution in [0.2, 0.25) is 0 Å². The number of benzene rings is 1. The fourth-order valence-corrected chi connectivity index (χ4v) is 1.20. The van der Waals surface area contributed by atoms with Crippen LogP contribution in [0.3, 0.4) is 0 Å². The first kappa shape index (κ1) is 12.3. The zero-order valence-corrected chi connectivity index (χ0v) is 9.76. The molecular formula is C10H12N2O3S. The van der Waals surface area contributed by atoms with E-state index in [-0.39, 0.29) is 4.99 Å². The van der Waals surface area contributed by atoms with E-state index >= 15 is 0 Å². The second-order valence-corrected chi connectivity index (χ2v) is 3.29. The molecule has 16 heavy (non-hydrogen) atoms. The molecule has 0 aromatic heterocycles. The maximum absolute atomic E-state index is 10.8. The van der Waals surface area contributed by atoms with Gasteiger partial charge in [0, 0.05) is 6.07 Å². The van der Waals surface area contributed by atoms with Crippen molar-refractivity contribution in [2.24, 2.45) is 5.73 Å². The minimum atomic E-state index is -0.687. The molecule has 5 nitrogen and oxygen atoms in total. The summed E-state index contributed by atoms with van der Waals surface area (Å²) >= 11 is 4.76. The zero-order chi connectivity index (χ0) is 12.1. The molecule has 0 fully saturated rings. The van der Waals surface area contributed by atoms with Crippen LogP contribution in [-0.4, -0.2) is 25.1 Å². The smallest absolute Gasteiger partial charge is 0.276 e. The maximum atomic E-state index is 10.8. The Morgan fingerprint density at radius 1 is 1.38 bits per heavy atom. The highest BCUT2D eigenvalue weighted by atomic mass is 32.1. The largest absolute Gasteiger partial charge is 0.497 e. The van der Waals surface area contributed by atoms with Crippen LogP contribution in [0.4, 0.5) is 5.69 Å². The Balaban J connectivity index is 2.96. The molecule has 3 N–H and O–H groups in total. The van der Waals surface area contributed by atoms with Crippen molar-refractivity contribution >= 4 is 28.8 Å². The van der Waals surface area contributed by atoms with Crippen molar-refractivity contribution in [2.75, 3.05) is 19.5 Å². The van der Waals surface area contributed by atoms with Crippen molar-refractivity contribution in [2.45, 2.75) is 0 Å². The molecular weight excluding hydrogens is 228 g/mol. The van der Waals surface area contributed by atoms with Crippen molar-refractivity contribution in [3.05, 3.63) is 18.2 Å². The molecule has 1 aromatic rings. The first-order valence-electron chi connectivity index (χ1n) is 4.41. The molecule has 1 amide bonds. The molecule has 0 bridgehead atoms. The fourth-order valence-electron chi connectivity index (χ4n) is 1.09. The Morgan fingerprint density at radius 3 is 2.56 bits per heavy atom. The number of ether oxygens (including phenoxy) is 2. The van der Waals surface area contributed by atoms with E-state index in [4.69, 9.17) is 27.4 Å². The molecule has 0 spiro atoms. The number of carbonyl (C=O) groups excluding carboxylic acids is 1. The molecule has 0 radical (unpaired) electrons. The minimum Gasteiger partial charge on any atom is -0.497 e. The predicted octanol–water partition coefficient (Wildman–Crippen LogP) is 0.928. The van der Waals surface area contributed by atoms with E-state index in [0.29, 0.717) is 17.2 Å². The number of thiocarbonyl (C=S) groups is 1. The third kappa shape index (κ3) is 2.83. The number of anilines is 1. The lowest BCUT2D eigenvalue weighted by Crippen LogP contribution is -2.27. The van der Waals surface area contributed by atoms with Gasteiger partial charge in [-0.2, -0.15) is 0 Å². The molecule has 86 valence electrons. The second-order valence-electron chi connectivity index (χ2n) is 2.88. The summed E-state index contributed by atoms with van der Waals surface area (Å²) in [4.78, 5) is 10.7. The highest BCUT2D eigenvalue weighted by molar-refractivity contribution is 7.82. The Labute approximate surface area is 98.5 Å². The number of primary amides is 1. The number of amides is 1. The quantitative estimate of drug-likeness (QED) is 0.769. The van der Waals surface area contributed by atoms with E-state index in [0.717, 1.165) is 0 Å². The maximum Gasteiger partial charge on any atom is 0.276 e. The van der Waals surface area contributed by atoms with Gasteiger partial charge in [-0.1, -0.05) is 12.2 Å². The average molecular weight is 240 g/mol. The van der Waals surface area contributed by atoms with Crippen molar-refractivity contribution in [3.63, 3.8) is 0 Å². The normalized spacial score (nSPS) is 9.38. The second kappa shape index (κ2) is 5.32. The molecule has 0 saturated heterocycles. The summed E-state index contributed by atoms with van der Waals surface area (Å²) in [5, 5.41) is 2.69. The van der Waals surface area contributed by atoms with Gasteiger partial charge in [0.05, 0.1) is 19.9 Å². The van der Waals surface area contributed by atoms with E-state index in [1.54, 1.807) is 25.3 Å². The van der Waals surface area contributed by atoms with Crippen LogP contribution in [0.25, 0.3) is 0 Å². The monoisotopic (exact) mass is 240 g/mol. The summed E-state index contributed by atoms with van der Waals surface area (Å²) in [7, 11) is 3.06. The van der Waals surface area contributed by atoms with Crippen molar-refractivity contribution in [3.8, 4) is 11.5 Å². The number of hydrogen-bond acceptors (Lipinski definition) is 4. The molecule has 0 aliphatic heterocycles. The summed E-state index contributed by atoms with van der Waals surface area (Å²) in [6, 6.07) is 5.08. The predicted molar refractivity (Wildman–Crippen MR) is 65.0 cm³/mol. The SMILES string of the molecule is COc1ccc(NC(=S)C(N)=O)c(OC)c1. The van der Waals surface area contributed by atoms with Crippen molar-refractivity contribution in [1.29, 1.82) is 0 Å². The van der Waals surface area contributed by atoms with Gasteiger partial charge in [0.2, 0.25) is 0 Å². The first-order valence-corrected chi connectivity index (χ1v) is 4.82. The van der Waals surface area contributed by atoms with Crippen molar-refractivity contribution in [1.82, 2.24) is 0 Å². The van der Waals surface area contributed by atoms with Gasteiger partial charge in [0.1, 0.15) is 11.5 Å². The lowest BCUT2D eigenvalue weighted by Gasteiger charge is -2.11. The molecule has 0 atom stereocenters. The van der Waals surface area contributed by atoms with Crippen LogP contribution < -0.4 is 20.5 Å². The number of nitrogens with two attached hydrogens (primary N) is 1. The molecule has 1 rings (SSSR count). The third-order valence-corrected chi connectivity index (χ3v) is 2.18. The number of nitrogens with one attached hydrogen (secondary N) is 1. The Bertz CT molecular complexity index is 421. The summed E-state index contributed by atoms with van der Waals surface area (Å²) in [6.45, 7) is 0. The highest BCUT2D eigenvalue weighted by Gasteiger charge is 2.09. The average Bonchev–Trinajstić information content (AvgIpc) is 2.29. The standard InChI is InChI=1S/C10H12N2O3S/c1-14-6-3-4-7(8(5-6)15-2)12-10(16)9(11)13/h3-5H,1-2H3,(H2,11,13)(H,12,16). The summed E-state index contributed by atoms with van der Waals surface area (Å²) in [6.07, 6.45) is 0. The topological polar surface area (TPSA) is 73.6 Å². The van der Waals surface area contributed by atoms with Crippen molar-refractivity contribution < 1.29 is 14.3 Å². The van der Waals surface area contributed by atoms with E-state index < -0.39 is 5.91 Å². The third-order valence-electron chi connectivity index (χ3n) is 1.88. The summed E-state index contributed by atoms with van der Waals surface area (Å²) in [5.41, 5.74) is 5.59. The highest BCUT2D eigenvalue weighted by Crippen LogP contribution is 2.28. The fraction of sp³-hybridized carbons (Fsp3) is 0.200. The Morgan fingerprint density at radius 2 is 2.06 bits per heavy atom. The van der Waals surface area contributed by atoms with Crippen LogP contribution in [-0.2, 0) is 4.79 Å². The van der Waals surface area contributed by atoms with Gasteiger partial charge >= 0.3 is 0 Å². The molecule has 0 heterocycles. The molecule has 0 aliphatic carbocycles. The lowest BCUT2D eigenvalue weighted by atomic mass is 10.2. The van der Waals surface area contributed by atoms with Gasteiger partial charge in [-0.3, -0.25) is 4.79 Å². The molecule has 6 heteroatoms. The minimum absolute atomic E-state index is 0.0662. The van der Waals surface area contributed by atoms with Crippen LogP contribution in [0.15, 0.2) is 18.2 Å². The Hall–Kier alpha value is -1.82. The van der Waals surface area contributed by atoms with Gasteiger partial charge in [0.15, 0.2) is 4.99 Å². The van der Waals surface area contributed by atoms with Crippen LogP contribution in [0.5, 0.6) is 11.5 Å². The van der Waals surface area contributed by atoms with Crippen LogP contribution >= 0.6 is 12.2 Å². The van der Waals surface area contributed by atoms with Gasteiger partial charge < -0.3 is 20.5 Å². The van der Waals surface area contributed by atoms with Gasteiger partial charge in [-0.15, -0.1) is 0 Å². The lowest BCUT2D eigenvalue weighted by molar-refractivity contribution is -0.111.